The van der Waals surface area contributed by atoms with Gasteiger partial charge < -0.3 is 29.5 Å². The van der Waals surface area contributed by atoms with Gasteiger partial charge in [0.2, 0.25) is 5.91 Å². The largest absolute Gasteiger partial charge is 0.496 e. The lowest BCUT2D eigenvalue weighted by atomic mass is 9.87. The van der Waals surface area contributed by atoms with Crippen molar-refractivity contribution in [1.82, 2.24) is 4.98 Å². The van der Waals surface area contributed by atoms with Crippen molar-refractivity contribution in [3.63, 3.8) is 0 Å². The average molecular weight is 440 g/mol. The number of methoxy groups -OCH3 is 1. The van der Waals surface area contributed by atoms with Crippen LogP contribution in [-0.4, -0.2) is 44.3 Å². The van der Waals surface area contributed by atoms with Gasteiger partial charge in [0.25, 0.3) is 5.56 Å². The number of amides is 1. The van der Waals surface area contributed by atoms with Crippen molar-refractivity contribution in [2.75, 3.05) is 32.3 Å². The molecule has 0 radical (unpaired) electrons. The number of aryl methyl sites for hydroxylation is 1. The second-order valence-corrected chi connectivity index (χ2v) is 8.43. The molecule has 0 spiro atoms. The number of benzene rings is 1. The SMILES string of the molecule is COc1cc(C)[nH]c(=O)c1CC1COCCC1N(C)c1cc2occc2c(C(N)=O)c1C. The number of fused-ring (bicyclic) bond motifs is 1. The summed E-state index contributed by atoms with van der Waals surface area (Å²) in [6.07, 6.45) is 2.86. The number of primary amides is 1. The highest BCUT2D eigenvalue weighted by Gasteiger charge is 2.32. The van der Waals surface area contributed by atoms with Crippen molar-refractivity contribution in [1.29, 1.82) is 0 Å². The van der Waals surface area contributed by atoms with Gasteiger partial charge in [0, 0.05) is 48.4 Å². The number of aromatic amines is 1. The Bertz CT molecular complexity index is 1210. The minimum Gasteiger partial charge on any atom is -0.496 e. The van der Waals surface area contributed by atoms with Gasteiger partial charge in [-0.25, -0.2) is 0 Å². The second kappa shape index (κ2) is 8.70. The molecule has 3 aromatic rings. The molecule has 170 valence electrons. The summed E-state index contributed by atoms with van der Waals surface area (Å²) in [6, 6.07) is 5.64. The zero-order valence-electron chi connectivity index (χ0n) is 18.9. The normalized spacial score (nSPS) is 18.6. The fraction of sp³-hybridized carbons (Fsp3) is 0.417. The van der Waals surface area contributed by atoms with Crippen molar-refractivity contribution >= 4 is 22.6 Å². The summed E-state index contributed by atoms with van der Waals surface area (Å²) in [7, 11) is 3.58. The van der Waals surface area contributed by atoms with Gasteiger partial charge in [-0.15, -0.1) is 0 Å². The van der Waals surface area contributed by atoms with Crippen LogP contribution >= 0.6 is 0 Å². The molecular weight excluding hydrogens is 410 g/mol. The van der Waals surface area contributed by atoms with E-state index in [9.17, 15) is 9.59 Å². The molecule has 3 heterocycles. The third kappa shape index (κ3) is 3.86. The maximum atomic E-state index is 12.7. The molecule has 0 bridgehead atoms. The Morgan fingerprint density at radius 3 is 2.84 bits per heavy atom. The maximum absolute atomic E-state index is 12.7. The summed E-state index contributed by atoms with van der Waals surface area (Å²) in [6.45, 7) is 4.88. The summed E-state index contributed by atoms with van der Waals surface area (Å²) >= 11 is 0. The molecule has 4 rings (SSSR count). The third-order valence-electron chi connectivity index (χ3n) is 6.47. The monoisotopic (exact) mass is 439 g/mol. The summed E-state index contributed by atoms with van der Waals surface area (Å²) in [5.74, 6) is 0.154. The minimum absolute atomic E-state index is 0.0511. The number of nitrogens with two attached hydrogens (primary N) is 1. The van der Waals surface area contributed by atoms with E-state index < -0.39 is 5.91 Å². The van der Waals surface area contributed by atoms with E-state index in [2.05, 4.69) is 9.88 Å². The van der Waals surface area contributed by atoms with E-state index in [4.69, 9.17) is 19.6 Å². The molecule has 32 heavy (non-hydrogen) atoms. The van der Waals surface area contributed by atoms with E-state index in [1.807, 2.05) is 33.0 Å². The molecule has 0 saturated carbocycles. The number of carbonyl (C=O) groups is 1. The van der Waals surface area contributed by atoms with E-state index in [1.165, 1.54) is 0 Å². The van der Waals surface area contributed by atoms with Crippen LogP contribution in [0.2, 0.25) is 0 Å². The van der Waals surface area contributed by atoms with Crippen LogP contribution in [0.1, 0.15) is 33.6 Å². The highest BCUT2D eigenvalue weighted by Crippen LogP contribution is 2.35. The Labute approximate surface area is 186 Å². The summed E-state index contributed by atoms with van der Waals surface area (Å²) in [5.41, 5.74) is 9.71. The first-order valence-corrected chi connectivity index (χ1v) is 10.7. The van der Waals surface area contributed by atoms with E-state index in [0.717, 1.165) is 23.4 Å². The molecule has 3 N–H and O–H groups in total. The lowest BCUT2D eigenvalue weighted by Crippen LogP contribution is -2.45. The summed E-state index contributed by atoms with van der Waals surface area (Å²) in [4.78, 5) is 29.9. The van der Waals surface area contributed by atoms with Crippen LogP contribution in [0, 0.1) is 19.8 Å². The topological polar surface area (TPSA) is 111 Å². The molecule has 1 amide bonds. The molecule has 1 aliphatic heterocycles. The van der Waals surface area contributed by atoms with Crippen LogP contribution in [0.15, 0.2) is 33.7 Å². The molecule has 2 atom stereocenters. The lowest BCUT2D eigenvalue weighted by molar-refractivity contribution is 0.0406. The number of hydrogen-bond donors (Lipinski definition) is 2. The standard InChI is InChI=1S/C24H29N3O5/c1-13-9-20(30-4)17(24(29)26-13)10-15-12-31-7-6-18(15)27(3)19-11-21-16(5-8-32-21)22(14(19)2)23(25)28/h5,8-9,11,15,18H,6-7,10,12H2,1-4H3,(H2,25,28)(H,26,29). The molecule has 0 aliphatic carbocycles. The number of ether oxygens (including phenoxy) is 2. The molecule has 8 nitrogen and oxygen atoms in total. The Hall–Kier alpha value is -3.26. The lowest BCUT2D eigenvalue weighted by Gasteiger charge is -2.40. The number of anilines is 1. The molecular formula is C24H29N3O5. The van der Waals surface area contributed by atoms with Crippen LogP contribution < -0.4 is 20.9 Å². The van der Waals surface area contributed by atoms with Crippen molar-refractivity contribution in [3.05, 3.63) is 57.2 Å². The van der Waals surface area contributed by atoms with Crippen LogP contribution in [0.3, 0.4) is 0 Å². The van der Waals surface area contributed by atoms with Crippen molar-refractivity contribution in [3.8, 4) is 5.75 Å². The molecule has 2 aromatic heterocycles. The first-order valence-electron chi connectivity index (χ1n) is 10.7. The smallest absolute Gasteiger partial charge is 0.255 e. The maximum Gasteiger partial charge on any atom is 0.255 e. The van der Waals surface area contributed by atoms with Crippen LogP contribution in [0.5, 0.6) is 5.75 Å². The predicted octanol–water partition coefficient (Wildman–Crippen LogP) is 2.93. The van der Waals surface area contributed by atoms with E-state index in [-0.39, 0.29) is 17.5 Å². The number of furan rings is 1. The fourth-order valence-electron chi connectivity index (χ4n) is 4.88. The number of pyridine rings is 1. The van der Waals surface area contributed by atoms with Crippen molar-refractivity contribution in [2.45, 2.75) is 32.7 Å². The number of rotatable bonds is 6. The van der Waals surface area contributed by atoms with Crippen LogP contribution in [-0.2, 0) is 11.2 Å². The summed E-state index contributed by atoms with van der Waals surface area (Å²) < 4.78 is 16.9. The number of aromatic nitrogens is 1. The quantitative estimate of drug-likeness (QED) is 0.611. The average Bonchev–Trinajstić information content (AvgIpc) is 3.22. The van der Waals surface area contributed by atoms with Crippen LogP contribution in [0.4, 0.5) is 5.69 Å². The van der Waals surface area contributed by atoms with Gasteiger partial charge >= 0.3 is 0 Å². The van der Waals surface area contributed by atoms with Crippen molar-refractivity contribution in [2.24, 2.45) is 11.7 Å². The molecule has 2 unspecified atom stereocenters. The fourth-order valence-corrected chi connectivity index (χ4v) is 4.88. The van der Waals surface area contributed by atoms with Gasteiger partial charge in [0.1, 0.15) is 11.3 Å². The zero-order valence-corrected chi connectivity index (χ0v) is 18.9. The van der Waals surface area contributed by atoms with E-state index in [1.54, 1.807) is 19.4 Å². The molecule has 1 aliphatic rings. The Morgan fingerprint density at radius 2 is 2.12 bits per heavy atom. The Morgan fingerprint density at radius 1 is 1.34 bits per heavy atom. The molecule has 1 fully saturated rings. The number of nitrogens with zero attached hydrogens (tertiary/aromatic N) is 1. The van der Waals surface area contributed by atoms with E-state index >= 15 is 0 Å². The van der Waals surface area contributed by atoms with Gasteiger partial charge in [-0.05, 0) is 44.4 Å². The third-order valence-corrected chi connectivity index (χ3v) is 6.47. The number of carbonyl (C=O) groups excluding carboxylic acids is 1. The highest BCUT2D eigenvalue weighted by atomic mass is 16.5. The first kappa shape index (κ1) is 22.0. The van der Waals surface area contributed by atoms with Gasteiger partial charge in [-0.1, -0.05) is 0 Å². The second-order valence-electron chi connectivity index (χ2n) is 8.43. The van der Waals surface area contributed by atoms with E-state index in [0.29, 0.717) is 47.5 Å². The highest BCUT2D eigenvalue weighted by molar-refractivity contribution is 6.08. The minimum atomic E-state index is -0.483. The molecule has 1 saturated heterocycles. The van der Waals surface area contributed by atoms with Gasteiger partial charge in [0.15, 0.2) is 0 Å². The van der Waals surface area contributed by atoms with Gasteiger partial charge in [0.05, 0.1) is 31.1 Å². The number of nitrogens with one attached hydrogen (secondary N) is 1. The zero-order chi connectivity index (χ0) is 23.0. The Balaban J connectivity index is 1.72. The molecule has 1 aromatic carbocycles. The number of H-pyrrole nitrogens is 1. The predicted molar refractivity (Wildman–Crippen MR) is 123 cm³/mol. The molecule has 8 heteroatoms. The Kier molecular flexibility index (Phi) is 5.97. The van der Waals surface area contributed by atoms with Gasteiger partial charge in [-0.3, -0.25) is 9.59 Å². The first-order chi connectivity index (χ1) is 15.3. The number of hydrogen-bond acceptors (Lipinski definition) is 6. The summed E-state index contributed by atoms with van der Waals surface area (Å²) in [5, 5.41) is 0.714. The van der Waals surface area contributed by atoms with Crippen molar-refractivity contribution < 1.29 is 18.7 Å². The van der Waals surface area contributed by atoms with Gasteiger partial charge in [-0.2, -0.15) is 0 Å². The van der Waals surface area contributed by atoms with Crippen LogP contribution in [0.25, 0.3) is 11.0 Å².